The maximum absolute atomic E-state index is 11.1. The molecule has 23 heavy (non-hydrogen) atoms. The van der Waals surface area contributed by atoms with E-state index in [9.17, 15) is 4.79 Å². The van der Waals surface area contributed by atoms with Crippen LogP contribution in [0.4, 0.5) is 0 Å². The van der Waals surface area contributed by atoms with E-state index in [-0.39, 0.29) is 29.9 Å². The number of ether oxygens (including phenoxy) is 1. The van der Waals surface area contributed by atoms with E-state index in [1.807, 2.05) is 0 Å². The molecule has 1 fully saturated rings. The molecule has 1 rings (SSSR count). The van der Waals surface area contributed by atoms with Gasteiger partial charge in [-0.3, -0.25) is 9.79 Å². The highest BCUT2D eigenvalue weighted by molar-refractivity contribution is 14.0. The Morgan fingerprint density at radius 1 is 1.17 bits per heavy atom. The van der Waals surface area contributed by atoms with Crippen LogP contribution in [0.2, 0.25) is 0 Å². The zero-order valence-electron chi connectivity index (χ0n) is 15.0. The molecule has 6 heteroatoms. The Labute approximate surface area is 158 Å². The van der Waals surface area contributed by atoms with E-state index in [4.69, 9.17) is 4.99 Å². The second-order valence-corrected chi connectivity index (χ2v) is 6.22. The molecule has 0 unspecified atom stereocenters. The summed E-state index contributed by atoms with van der Waals surface area (Å²) in [5, 5.41) is 6.67. The van der Waals surface area contributed by atoms with Gasteiger partial charge in [0, 0.05) is 26.1 Å². The number of unbranched alkanes of at least 4 members (excludes halogenated alkanes) is 1. The zero-order valence-corrected chi connectivity index (χ0v) is 17.3. The minimum absolute atomic E-state index is 0. The largest absolute Gasteiger partial charge is 0.469 e. The molecule has 2 N–H and O–H groups in total. The maximum Gasteiger partial charge on any atom is 0.305 e. The van der Waals surface area contributed by atoms with Crippen LogP contribution < -0.4 is 10.6 Å². The van der Waals surface area contributed by atoms with Gasteiger partial charge >= 0.3 is 5.97 Å². The molecule has 0 atom stereocenters. The van der Waals surface area contributed by atoms with Crippen LogP contribution in [0.5, 0.6) is 0 Å². The second-order valence-electron chi connectivity index (χ2n) is 6.22. The lowest BCUT2D eigenvalue weighted by Crippen LogP contribution is -2.38. The van der Waals surface area contributed by atoms with Gasteiger partial charge in [0.05, 0.1) is 7.11 Å². The third kappa shape index (κ3) is 8.77. The number of esters is 1. The van der Waals surface area contributed by atoms with E-state index < -0.39 is 0 Å². The SMILES string of the molecule is CCNC(=NCC1(CC)CCCC1)NCCCCC(=O)OC.I. The molecule has 1 aliphatic rings. The summed E-state index contributed by atoms with van der Waals surface area (Å²) >= 11 is 0. The normalized spacial score (nSPS) is 16.6. The molecule has 0 radical (unpaired) electrons. The minimum atomic E-state index is -0.133. The fraction of sp³-hybridized carbons (Fsp3) is 0.882. The van der Waals surface area contributed by atoms with Crippen molar-refractivity contribution in [1.82, 2.24) is 10.6 Å². The van der Waals surface area contributed by atoms with Gasteiger partial charge in [0.2, 0.25) is 0 Å². The fourth-order valence-electron chi connectivity index (χ4n) is 3.04. The van der Waals surface area contributed by atoms with Gasteiger partial charge < -0.3 is 15.4 Å². The van der Waals surface area contributed by atoms with E-state index >= 15 is 0 Å². The van der Waals surface area contributed by atoms with Crippen LogP contribution in [-0.4, -0.2) is 38.7 Å². The molecule has 0 aliphatic heterocycles. The molecule has 0 spiro atoms. The van der Waals surface area contributed by atoms with Crippen molar-refractivity contribution < 1.29 is 9.53 Å². The van der Waals surface area contributed by atoms with E-state index in [0.29, 0.717) is 11.8 Å². The van der Waals surface area contributed by atoms with E-state index in [2.05, 4.69) is 29.2 Å². The molecular formula is C17H34IN3O2. The number of nitrogens with one attached hydrogen (secondary N) is 2. The Morgan fingerprint density at radius 3 is 2.43 bits per heavy atom. The van der Waals surface area contributed by atoms with Gasteiger partial charge in [-0.25, -0.2) is 0 Å². The molecule has 1 aliphatic carbocycles. The zero-order chi connectivity index (χ0) is 16.3. The van der Waals surface area contributed by atoms with Crippen LogP contribution in [0.3, 0.4) is 0 Å². The molecule has 1 saturated carbocycles. The maximum atomic E-state index is 11.1. The Balaban J connectivity index is 0.00000484. The standard InChI is InChI=1S/C17H33N3O2.HI/c1-4-17(11-7-8-12-17)14-20-16(18-5-2)19-13-9-6-10-15(21)22-3;/h4-14H2,1-3H3,(H2,18,19,20);1H. The highest BCUT2D eigenvalue weighted by Gasteiger charge is 2.31. The highest BCUT2D eigenvalue weighted by atomic mass is 127. The Hall–Kier alpha value is -0.530. The smallest absolute Gasteiger partial charge is 0.305 e. The minimum Gasteiger partial charge on any atom is -0.469 e. The lowest BCUT2D eigenvalue weighted by molar-refractivity contribution is -0.140. The van der Waals surface area contributed by atoms with Crippen molar-refractivity contribution in [3.8, 4) is 0 Å². The number of nitrogens with zero attached hydrogens (tertiary/aromatic N) is 1. The fourth-order valence-corrected chi connectivity index (χ4v) is 3.04. The van der Waals surface area contributed by atoms with Gasteiger partial charge in [0.1, 0.15) is 0 Å². The number of hydrogen-bond donors (Lipinski definition) is 2. The van der Waals surface area contributed by atoms with Gasteiger partial charge in [0.25, 0.3) is 0 Å². The summed E-state index contributed by atoms with van der Waals surface area (Å²) in [4.78, 5) is 15.8. The molecule has 136 valence electrons. The summed E-state index contributed by atoms with van der Waals surface area (Å²) < 4.78 is 4.64. The molecule has 0 saturated heterocycles. The number of hydrogen-bond acceptors (Lipinski definition) is 3. The van der Waals surface area contributed by atoms with Crippen LogP contribution in [0, 0.1) is 5.41 Å². The van der Waals surface area contributed by atoms with Crippen molar-refractivity contribution in [3.63, 3.8) is 0 Å². The number of rotatable bonds is 9. The van der Waals surface area contributed by atoms with Gasteiger partial charge in [-0.05, 0) is 44.4 Å². The lowest BCUT2D eigenvalue weighted by Gasteiger charge is -2.25. The van der Waals surface area contributed by atoms with Crippen molar-refractivity contribution in [2.75, 3.05) is 26.7 Å². The molecule has 5 nitrogen and oxygen atoms in total. The first-order valence-corrected chi connectivity index (χ1v) is 8.75. The topological polar surface area (TPSA) is 62.7 Å². The van der Waals surface area contributed by atoms with Crippen LogP contribution >= 0.6 is 24.0 Å². The first kappa shape index (κ1) is 22.5. The van der Waals surface area contributed by atoms with Crippen LogP contribution in [0.1, 0.15) is 65.2 Å². The number of carbonyl (C=O) groups is 1. The van der Waals surface area contributed by atoms with Crippen LogP contribution in [0.25, 0.3) is 0 Å². The number of methoxy groups -OCH3 is 1. The number of carbonyl (C=O) groups excluding carboxylic acids is 1. The monoisotopic (exact) mass is 439 g/mol. The molecular weight excluding hydrogens is 405 g/mol. The quantitative estimate of drug-likeness (QED) is 0.190. The molecule has 0 bridgehead atoms. The summed E-state index contributed by atoms with van der Waals surface area (Å²) in [6.45, 7) is 6.99. The lowest BCUT2D eigenvalue weighted by atomic mass is 9.84. The van der Waals surface area contributed by atoms with E-state index in [1.165, 1.54) is 39.2 Å². The Bertz CT molecular complexity index is 356. The average Bonchev–Trinajstić information content (AvgIpc) is 3.01. The van der Waals surface area contributed by atoms with Crippen molar-refractivity contribution in [1.29, 1.82) is 0 Å². The molecule has 0 aromatic heterocycles. The van der Waals surface area contributed by atoms with Crippen molar-refractivity contribution in [2.24, 2.45) is 10.4 Å². The summed E-state index contributed by atoms with van der Waals surface area (Å²) in [5.41, 5.74) is 0.424. The number of guanidine groups is 1. The van der Waals surface area contributed by atoms with Crippen LogP contribution in [-0.2, 0) is 9.53 Å². The summed E-state index contributed by atoms with van der Waals surface area (Å²) in [6.07, 6.45) is 8.81. The van der Waals surface area contributed by atoms with Crippen LogP contribution in [0.15, 0.2) is 4.99 Å². The predicted octanol–water partition coefficient (Wildman–Crippen LogP) is 3.47. The summed E-state index contributed by atoms with van der Waals surface area (Å²) in [7, 11) is 1.43. The number of aliphatic imine (C=N–C) groups is 1. The van der Waals surface area contributed by atoms with Gasteiger partial charge in [-0.2, -0.15) is 0 Å². The average molecular weight is 439 g/mol. The molecule has 0 amide bonds. The summed E-state index contributed by atoms with van der Waals surface area (Å²) in [6, 6.07) is 0. The first-order valence-electron chi connectivity index (χ1n) is 8.75. The van der Waals surface area contributed by atoms with E-state index in [1.54, 1.807) is 0 Å². The van der Waals surface area contributed by atoms with Crippen molar-refractivity contribution >= 4 is 35.9 Å². The first-order chi connectivity index (χ1) is 10.7. The third-order valence-electron chi connectivity index (χ3n) is 4.66. The molecule has 0 heterocycles. The predicted molar refractivity (Wildman–Crippen MR) is 106 cm³/mol. The Morgan fingerprint density at radius 2 is 1.87 bits per heavy atom. The third-order valence-corrected chi connectivity index (χ3v) is 4.66. The van der Waals surface area contributed by atoms with E-state index in [0.717, 1.165) is 38.4 Å². The Kier molecular flexibility index (Phi) is 12.5. The van der Waals surface area contributed by atoms with Gasteiger partial charge in [-0.15, -0.1) is 24.0 Å². The van der Waals surface area contributed by atoms with Gasteiger partial charge in [-0.1, -0.05) is 19.8 Å². The highest BCUT2D eigenvalue weighted by Crippen LogP contribution is 2.41. The number of halogens is 1. The molecule has 0 aromatic carbocycles. The van der Waals surface area contributed by atoms with Crippen molar-refractivity contribution in [2.45, 2.75) is 65.2 Å². The van der Waals surface area contributed by atoms with Gasteiger partial charge in [0.15, 0.2) is 5.96 Å². The van der Waals surface area contributed by atoms with Crippen molar-refractivity contribution in [3.05, 3.63) is 0 Å². The molecule has 0 aromatic rings. The second kappa shape index (κ2) is 12.8. The summed E-state index contributed by atoms with van der Waals surface area (Å²) in [5.74, 6) is 0.770.